The van der Waals surface area contributed by atoms with Crippen molar-refractivity contribution in [1.29, 1.82) is 0 Å². The van der Waals surface area contributed by atoms with Crippen LogP contribution in [0.3, 0.4) is 0 Å². The molecule has 0 bridgehead atoms. The molecule has 4 nitrogen and oxygen atoms in total. The lowest BCUT2D eigenvalue weighted by Gasteiger charge is -2.03. The van der Waals surface area contributed by atoms with Gasteiger partial charge in [0, 0.05) is 36.1 Å². The van der Waals surface area contributed by atoms with Gasteiger partial charge in [-0.2, -0.15) is 0 Å². The number of rotatable bonds is 4. The average Bonchev–Trinajstić information content (AvgIpc) is 3.54. The third kappa shape index (κ3) is 6.27. The molecule has 0 N–H and O–H groups in total. The predicted molar refractivity (Wildman–Crippen MR) is 149 cm³/mol. The van der Waals surface area contributed by atoms with E-state index >= 15 is 0 Å². The van der Waals surface area contributed by atoms with Crippen LogP contribution in [0.5, 0.6) is 0 Å². The van der Waals surface area contributed by atoms with Crippen molar-refractivity contribution in [3.63, 3.8) is 0 Å². The largest absolute Gasteiger partial charge is 0.440 e. The van der Waals surface area contributed by atoms with Crippen molar-refractivity contribution in [3.05, 3.63) is 132 Å². The predicted octanol–water partition coefficient (Wildman–Crippen LogP) is 9.50. The van der Waals surface area contributed by atoms with E-state index in [2.05, 4.69) is 9.97 Å². The van der Waals surface area contributed by atoms with Gasteiger partial charge < -0.3 is 8.83 Å². The number of aryl methyl sites for hydroxylation is 3. The monoisotopic (exact) mass is 556 g/mol. The summed E-state index contributed by atoms with van der Waals surface area (Å²) in [6.07, 6.45) is 0. The van der Waals surface area contributed by atoms with Crippen LogP contribution in [-0.2, 0) is 0 Å². The van der Waals surface area contributed by atoms with Crippen molar-refractivity contribution < 1.29 is 26.4 Å². The summed E-state index contributed by atoms with van der Waals surface area (Å²) in [6, 6.07) is 22.9. The molecule has 0 radical (unpaired) electrons. The molecule has 41 heavy (non-hydrogen) atoms. The number of hydrogen-bond donors (Lipinski definition) is 0. The van der Waals surface area contributed by atoms with Crippen LogP contribution in [0, 0.1) is 44.0 Å². The fourth-order valence-electron chi connectivity index (χ4n) is 4.22. The van der Waals surface area contributed by atoms with E-state index in [4.69, 9.17) is 8.83 Å². The molecule has 0 aliphatic heterocycles. The van der Waals surface area contributed by atoms with E-state index < -0.39 is 0 Å². The zero-order chi connectivity index (χ0) is 29.1. The average molecular weight is 557 g/mol. The summed E-state index contributed by atoms with van der Waals surface area (Å²) in [5.41, 5.74) is 4.39. The Morgan fingerprint density at radius 2 is 0.951 bits per heavy atom. The number of aromatic nitrogens is 2. The van der Waals surface area contributed by atoms with E-state index in [1.807, 2.05) is 0 Å². The summed E-state index contributed by atoms with van der Waals surface area (Å²) < 4.78 is 64.3. The van der Waals surface area contributed by atoms with Crippen molar-refractivity contribution in [1.82, 2.24) is 9.97 Å². The summed E-state index contributed by atoms with van der Waals surface area (Å²) in [4.78, 5) is 8.63. The van der Waals surface area contributed by atoms with Gasteiger partial charge in [0.1, 0.15) is 34.7 Å². The maximum absolute atomic E-state index is 13.7. The lowest BCUT2D eigenvalue weighted by molar-refractivity contribution is 0.533. The molecule has 6 rings (SSSR count). The van der Waals surface area contributed by atoms with Crippen LogP contribution < -0.4 is 0 Å². The first-order valence-electron chi connectivity index (χ1n) is 12.7. The summed E-state index contributed by atoms with van der Waals surface area (Å²) in [5.74, 6) is 0.636. The van der Waals surface area contributed by atoms with E-state index in [1.54, 1.807) is 69.3 Å². The zero-order valence-corrected chi connectivity index (χ0v) is 22.4. The molecule has 2 aromatic heterocycles. The van der Waals surface area contributed by atoms with Crippen molar-refractivity contribution >= 4 is 0 Å². The van der Waals surface area contributed by atoms with Crippen LogP contribution in [0.2, 0.25) is 0 Å². The van der Waals surface area contributed by atoms with Crippen LogP contribution in [0.15, 0.2) is 99.8 Å². The first kappa shape index (κ1) is 27.6. The molecule has 0 spiro atoms. The Hall–Kier alpha value is -4.98. The molecule has 0 saturated heterocycles. The molecule has 206 valence electrons. The molecule has 0 fully saturated rings. The van der Waals surface area contributed by atoms with Crippen LogP contribution in [-0.4, -0.2) is 9.97 Å². The smallest absolute Gasteiger partial charge is 0.192 e. The summed E-state index contributed by atoms with van der Waals surface area (Å²) in [5, 5.41) is 0. The third-order valence-electron chi connectivity index (χ3n) is 6.22. The second kappa shape index (κ2) is 11.6. The second-order valence-electron chi connectivity index (χ2n) is 9.31. The van der Waals surface area contributed by atoms with Gasteiger partial charge in [0.2, 0.25) is 0 Å². The third-order valence-corrected chi connectivity index (χ3v) is 6.22. The highest BCUT2D eigenvalue weighted by Crippen LogP contribution is 2.34. The van der Waals surface area contributed by atoms with E-state index in [0.717, 1.165) is 11.1 Å². The van der Waals surface area contributed by atoms with E-state index in [-0.39, 0.29) is 23.3 Å². The van der Waals surface area contributed by atoms with Gasteiger partial charge in [0.25, 0.3) is 0 Å². The lowest BCUT2D eigenvalue weighted by atomic mass is 10.0. The number of oxazole rings is 2. The molecular formula is C33H24F4N2O2. The quantitative estimate of drug-likeness (QED) is 0.203. The van der Waals surface area contributed by atoms with Crippen molar-refractivity contribution in [3.8, 4) is 45.2 Å². The van der Waals surface area contributed by atoms with E-state index in [9.17, 15) is 17.6 Å². The van der Waals surface area contributed by atoms with Gasteiger partial charge >= 0.3 is 0 Å². The topological polar surface area (TPSA) is 52.1 Å². The highest BCUT2D eigenvalue weighted by atomic mass is 19.1. The minimum atomic E-state index is -0.346. The number of hydrogen-bond acceptors (Lipinski definition) is 4. The number of nitrogens with zero attached hydrogens (tertiary/aromatic N) is 2. The van der Waals surface area contributed by atoms with Crippen LogP contribution in [0.25, 0.3) is 45.2 Å². The van der Waals surface area contributed by atoms with Gasteiger partial charge in [-0.1, -0.05) is 24.3 Å². The zero-order valence-electron chi connectivity index (χ0n) is 22.4. The van der Waals surface area contributed by atoms with Gasteiger partial charge in [-0.3, -0.25) is 0 Å². The van der Waals surface area contributed by atoms with E-state index in [1.165, 1.54) is 42.5 Å². The van der Waals surface area contributed by atoms with Crippen molar-refractivity contribution in [2.75, 3.05) is 0 Å². The maximum atomic E-state index is 13.7. The van der Waals surface area contributed by atoms with Crippen molar-refractivity contribution in [2.24, 2.45) is 0 Å². The Balaban J connectivity index is 0.000000165. The second-order valence-corrected chi connectivity index (χ2v) is 9.31. The van der Waals surface area contributed by atoms with Gasteiger partial charge in [-0.15, -0.1) is 0 Å². The Labute approximate surface area is 234 Å². The molecule has 0 saturated carbocycles. The summed E-state index contributed by atoms with van der Waals surface area (Å²) in [7, 11) is 0. The first-order valence-corrected chi connectivity index (χ1v) is 12.7. The normalized spacial score (nSPS) is 10.8. The standard InChI is InChI=1S/C17H13F2NO.C16H11F2NO/c1-10-3-4-13(9-15(10)19)17-16(20-11(2)21-17)12-5-7-14(18)8-6-12;1-10-19-15(11-5-7-13(17)8-6-11)16(20-10)12-3-2-4-14(18)9-12/h3-9H,1-2H3;2-9H,1H3. The molecule has 0 atom stereocenters. The highest BCUT2D eigenvalue weighted by molar-refractivity contribution is 5.78. The Bertz CT molecular complexity index is 1810. The molecule has 0 amide bonds. The minimum Gasteiger partial charge on any atom is -0.440 e. The number of halogens is 4. The molecular weight excluding hydrogens is 532 g/mol. The Morgan fingerprint density at radius 1 is 0.488 bits per heavy atom. The molecule has 0 aliphatic carbocycles. The fourth-order valence-corrected chi connectivity index (χ4v) is 4.22. The molecule has 8 heteroatoms. The molecule has 6 aromatic rings. The maximum Gasteiger partial charge on any atom is 0.192 e. The number of benzene rings is 4. The molecule has 0 aliphatic rings. The molecule has 2 heterocycles. The lowest BCUT2D eigenvalue weighted by Crippen LogP contribution is -1.86. The van der Waals surface area contributed by atoms with Gasteiger partial charge in [0.05, 0.1) is 0 Å². The van der Waals surface area contributed by atoms with Gasteiger partial charge in [-0.25, -0.2) is 27.5 Å². The van der Waals surface area contributed by atoms with E-state index in [0.29, 0.717) is 51.4 Å². The van der Waals surface area contributed by atoms with Gasteiger partial charge in [0.15, 0.2) is 23.3 Å². The Kier molecular flexibility index (Phi) is 7.83. The highest BCUT2D eigenvalue weighted by Gasteiger charge is 2.17. The fraction of sp³-hybridized carbons (Fsp3) is 0.0909. The summed E-state index contributed by atoms with van der Waals surface area (Å²) >= 11 is 0. The molecule has 0 unspecified atom stereocenters. The molecule has 4 aromatic carbocycles. The Morgan fingerprint density at radius 3 is 1.41 bits per heavy atom. The van der Waals surface area contributed by atoms with Crippen molar-refractivity contribution in [2.45, 2.75) is 20.8 Å². The summed E-state index contributed by atoms with van der Waals surface area (Å²) in [6.45, 7) is 5.14. The first-order chi connectivity index (χ1) is 19.7. The van der Waals surface area contributed by atoms with Gasteiger partial charge in [-0.05, 0) is 79.2 Å². The van der Waals surface area contributed by atoms with Crippen LogP contribution in [0.4, 0.5) is 17.6 Å². The SMILES string of the molecule is Cc1nc(-c2ccc(F)cc2)c(-c2ccc(C)c(F)c2)o1.Cc1nc(-c2ccc(F)cc2)c(-c2cccc(F)c2)o1. The minimum absolute atomic E-state index is 0.299. The van der Waals surface area contributed by atoms with Crippen LogP contribution in [0.1, 0.15) is 17.3 Å². The van der Waals surface area contributed by atoms with Crippen LogP contribution >= 0.6 is 0 Å².